The van der Waals surface area contributed by atoms with E-state index >= 15 is 0 Å². The first-order chi connectivity index (χ1) is 7.07. The van der Waals surface area contributed by atoms with Gasteiger partial charge in [0.25, 0.3) is 0 Å². The Morgan fingerprint density at radius 1 is 1.19 bits per heavy atom. The van der Waals surface area contributed by atoms with Crippen LogP contribution < -0.4 is 5.73 Å². The van der Waals surface area contributed by atoms with E-state index in [-0.39, 0.29) is 18.0 Å². The minimum Gasteiger partial charge on any atom is -0.324 e. The molecule has 16 heavy (non-hydrogen) atoms. The summed E-state index contributed by atoms with van der Waals surface area (Å²) in [6.45, 7) is 1.98. The summed E-state index contributed by atoms with van der Waals surface area (Å²) < 4.78 is 38.7. The van der Waals surface area contributed by atoms with Crippen LogP contribution in [0, 0.1) is 17.5 Å². The van der Waals surface area contributed by atoms with E-state index in [0.29, 0.717) is 6.42 Å². The zero-order chi connectivity index (χ0) is 11.4. The summed E-state index contributed by atoms with van der Waals surface area (Å²) in [7, 11) is 0. The molecular formula is C11H15ClF3N. The van der Waals surface area contributed by atoms with Crippen molar-refractivity contribution >= 4 is 12.4 Å². The minimum atomic E-state index is -1.44. The van der Waals surface area contributed by atoms with E-state index in [1.54, 1.807) is 0 Å². The molecule has 0 saturated heterocycles. The van der Waals surface area contributed by atoms with Gasteiger partial charge in [0.1, 0.15) is 0 Å². The Balaban J connectivity index is 0.00000225. The topological polar surface area (TPSA) is 26.0 Å². The van der Waals surface area contributed by atoms with Crippen LogP contribution in [0.3, 0.4) is 0 Å². The molecule has 1 aromatic rings. The summed E-state index contributed by atoms with van der Waals surface area (Å²) in [5.74, 6) is -3.79. The molecule has 0 aliphatic carbocycles. The molecular weight excluding hydrogens is 239 g/mol. The van der Waals surface area contributed by atoms with Crippen LogP contribution in [0.4, 0.5) is 13.2 Å². The van der Waals surface area contributed by atoms with E-state index < -0.39 is 23.5 Å². The molecule has 5 heteroatoms. The standard InChI is InChI=1S/C11H14F3N.ClH/c1-2-3-4-9(15)7-5-6-8(12)11(14)10(7)13;/h5-6,9H,2-4,15H2,1H3;1H/t9-;/m1./s1. The molecule has 0 aromatic heterocycles. The van der Waals surface area contributed by atoms with Gasteiger partial charge >= 0.3 is 0 Å². The number of unbranched alkanes of at least 4 members (excludes halogenated alkanes) is 1. The average Bonchev–Trinajstić information content (AvgIpc) is 2.23. The summed E-state index contributed by atoms with van der Waals surface area (Å²) >= 11 is 0. The zero-order valence-electron chi connectivity index (χ0n) is 8.97. The van der Waals surface area contributed by atoms with Gasteiger partial charge in [-0.25, -0.2) is 13.2 Å². The molecule has 0 heterocycles. The highest BCUT2D eigenvalue weighted by Gasteiger charge is 2.17. The molecule has 1 aromatic carbocycles. The second-order valence-electron chi connectivity index (χ2n) is 3.51. The molecule has 0 amide bonds. The first-order valence-electron chi connectivity index (χ1n) is 4.96. The second kappa shape index (κ2) is 6.76. The third-order valence-corrected chi connectivity index (χ3v) is 2.33. The van der Waals surface area contributed by atoms with Gasteiger partial charge in [-0.3, -0.25) is 0 Å². The predicted molar refractivity (Wildman–Crippen MR) is 60.0 cm³/mol. The minimum absolute atomic E-state index is 0. The molecule has 0 aliphatic heterocycles. The summed E-state index contributed by atoms with van der Waals surface area (Å²) in [6.07, 6.45) is 2.33. The Morgan fingerprint density at radius 3 is 2.38 bits per heavy atom. The van der Waals surface area contributed by atoms with Crippen LogP contribution >= 0.6 is 12.4 Å². The highest BCUT2D eigenvalue weighted by molar-refractivity contribution is 5.85. The smallest absolute Gasteiger partial charge is 0.194 e. The molecule has 0 radical (unpaired) electrons. The third kappa shape index (κ3) is 3.39. The Bertz CT molecular complexity index is 344. The lowest BCUT2D eigenvalue weighted by Crippen LogP contribution is -2.13. The van der Waals surface area contributed by atoms with Gasteiger partial charge in [-0.1, -0.05) is 25.8 Å². The molecule has 1 rings (SSSR count). The van der Waals surface area contributed by atoms with Gasteiger partial charge in [0.2, 0.25) is 0 Å². The maximum absolute atomic E-state index is 13.2. The second-order valence-corrected chi connectivity index (χ2v) is 3.51. The quantitative estimate of drug-likeness (QED) is 0.814. The van der Waals surface area contributed by atoms with Gasteiger partial charge in [0.15, 0.2) is 17.5 Å². The van der Waals surface area contributed by atoms with E-state index in [1.807, 2.05) is 6.92 Å². The van der Waals surface area contributed by atoms with Crippen molar-refractivity contribution in [3.05, 3.63) is 35.1 Å². The predicted octanol–water partition coefficient (Wildman–Crippen LogP) is 3.72. The van der Waals surface area contributed by atoms with Crippen LogP contribution in [0.5, 0.6) is 0 Å². The van der Waals surface area contributed by atoms with Crippen molar-refractivity contribution in [3.63, 3.8) is 0 Å². The lowest BCUT2D eigenvalue weighted by Gasteiger charge is -2.12. The molecule has 1 atom stereocenters. The summed E-state index contributed by atoms with van der Waals surface area (Å²) in [5, 5.41) is 0. The van der Waals surface area contributed by atoms with E-state index in [0.717, 1.165) is 18.9 Å². The number of nitrogens with two attached hydrogens (primary N) is 1. The maximum Gasteiger partial charge on any atom is 0.194 e. The fourth-order valence-electron chi connectivity index (χ4n) is 1.41. The number of hydrogen-bond donors (Lipinski definition) is 1. The van der Waals surface area contributed by atoms with Gasteiger partial charge in [0.05, 0.1) is 0 Å². The molecule has 0 unspecified atom stereocenters. The Morgan fingerprint density at radius 2 is 1.81 bits per heavy atom. The van der Waals surface area contributed by atoms with Gasteiger partial charge in [0, 0.05) is 11.6 Å². The van der Waals surface area contributed by atoms with Crippen molar-refractivity contribution in [2.45, 2.75) is 32.2 Å². The first kappa shape index (κ1) is 15.3. The number of benzene rings is 1. The van der Waals surface area contributed by atoms with Gasteiger partial charge in [-0.05, 0) is 12.5 Å². The van der Waals surface area contributed by atoms with E-state index in [2.05, 4.69) is 0 Å². The SMILES string of the molecule is CCCC[C@@H](N)c1ccc(F)c(F)c1F.Cl. The summed E-state index contributed by atoms with van der Waals surface area (Å²) in [5.41, 5.74) is 5.72. The van der Waals surface area contributed by atoms with Crippen LogP contribution in [0.15, 0.2) is 12.1 Å². The van der Waals surface area contributed by atoms with E-state index in [9.17, 15) is 13.2 Å². The molecule has 0 spiro atoms. The fraction of sp³-hybridized carbons (Fsp3) is 0.455. The zero-order valence-corrected chi connectivity index (χ0v) is 9.79. The maximum atomic E-state index is 13.2. The Labute approximate surface area is 99.2 Å². The molecule has 1 nitrogen and oxygen atoms in total. The average molecular weight is 254 g/mol. The Hall–Kier alpha value is -0.740. The lowest BCUT2D eigenvalue weighted by atomic mass is 10.0. The largest absolute Gasteiger partial charge is 0.324 e. The molecule has 0 bridgehead atoms. The molecule has 92 valence electrons. The fourth-order valence-corrected chi connectivity index (χ4v) is 1.41. The van der Waals surface area contributed by atoms with Crippen LogP contribution in [-0.2, 0) is 0 Å². The van der Waals surface area contributed by atoms with Gasteiger partial charge < -0.3 is 5.73 Å². The highest BCUT2D eigenvalue weighted by atomic mass is 35.5. The number of rotatable bonds is 4. The summed E-state index contributed by atoms with van der Waals surface area (Å²) in [6, 6.07) is 1.54. The normalized spacial score (nSPS) is 12.1. The highest BCUT2D eigenvalue weighted by Crippen LogP contribution is 2.23. The van der Waals surface area contributed by atoms with Crippen molar-refractivity contribution < 1.29 is 13.2 Å². The van der Waals surface area contributed by atoms with Crippen LogP contribution in [0.25, 0.3) is 0 Å². The Kier molecular flexibility index (Phi) is 6.45. The first-order valence-corrected chi connectivity index (χ1v) is 4.96. The molecule has 0 saturated carbocycles. The van der Waals surface area contributed by atoms with Crippen LogP contribution in [0.2, 0.25) is 0 Å². The number of halogens is 4. The van der Waals surface area contributed by atoms with E-state index in [1.165, 1.54) is 6.07 Å². The van der Waals surface area contributed by atoms with Crippen molar-refractivity contribution in [3.8, 4) is 0 Å². The van der Waals surface area contributed by atoms with Crippen molar-refractivity contribution in [1.82, 2.24) is 0 Å². The van der Waals surface area contributed by atoms with E-state index in [4.69, 9.17) is 5.73 Å². The molecule has 0 aliphatic rings. The van der Waals surface area contributed by atoms with Crippen LogP contribution in [-0.4, -0.2) is 0 Å². The molecule has 2 N–H and O–H groups in total. The molecule has 0 fully saturated rings. The monoisotopic (exact) mass is 253 g/mol. The lowest BCUT2D eigenvalue weighted by molar-refractivity contribution is 0.432. The third-order valence-electron chi connectivity index (χ3n) is 2.33. The van der Waals surface area contributed by atoms with Crippen molar-refractivity contribution in [2.24, 2.45) is 5.73 Å². The van der Waals surface area contributed by atoms with Crippen molar-refractivity contribution in [1.29, 1.82) is 0 Å². The number of hydrogen-bond acceptors (Lipinski definition) is 1. The van der Waals surface area contributed by atoms with Gasteiger partial charge in [-0.2, -0.15) is 0 Å². The van der Waals surface area contributed by atoms with Gasteiger partial charge in [-0.15, -0.1) is 12.4 Å². The van der Waals surface area contributed by atoms with Crippen molar-refractivity contribution in [2.75, 3.05) is 0 Å². The van der Waals surface area contributed by atoms with Crippen LogP contribution in [0.1, 0.15) is 37.8 Å². The summed E-state index contributed by atoms with van der Waals surface area (Å²) in [4.78, 5) is 0.